The van der Waals surface area contributed by atoms with Gasteiger partial charge < -0.3 is 4.90 Å². The number of rotatable bonds is 1. The number of hydrogen-bond acceptors (Lipinski definition) is 1. The molecule has 0 radical (unpaired) electrons. The summed E-state index contributed by atoms with van der Waals surface area (Å²) in [6.45, 7) is 5.15. The van der Waals surface area contributed by atoms with Crippen LogP contribution in [0.2, 0.25) is 0 Å². The lowest BCUT2D eigenvalue weighted by Crippen LogP contribution is -2.23. The van der Waals surface area contributed by atoms with Crippen LogP contribution in [-0.2, 0) is 0 Å². The van der Waals surface area contributed by atoms with Crippen molar-refractivity contribution in [2.24, 2.45) is 17.8 Å². The predicted octanol–water partition coefficient (Wildman–Crippen LogP) is 2.76. The summed E-state index contributed by atoms with van der Waals surface area (Å²) < 4.78 is 0. The molecule has 1 saturated heterocycles. The van der Waals surface area contributed by atoms with E-state index in [-0.39, 0.29) is 0 Å². The summed E-state index contributed by atoms with van der Waals surface area (Å²) in [5, 5.41) is 0. The first-order chi connectivity index (χ1) is 6.27. The minimum absolute atomic E-state index is 0.952. The highest BCUT2D eigenvalue weighted by molar-refractivity contribution is 4.85. The molecule has 2 rings (SSSR count). The van der Waals surface area contributed by atoms with E-state index in [0.717, 1.165) is 17.8 Å². The smallest absolute Gasteiger partial charge is 0.00124 e. The Morgan fingerprint density at radius 3 is 2.23 bits per heavy atom. The van der Waals surface area contributed by atoms with Crippen molar-refractivity contribution in [3.8, 4) is 0 Å². The Morgan fingerprint density at radius 1 is 1.00 bits per heavy atom. The third-order valence-corrected chi connectivity index (χ3v) is 4.11. The molecule has 0 aromatic carbocycles. The summed E-state index contributed by atoms with van der Waals surface area (Å²) in [5.74, 6) is 3.03. The Balaban J connectivity index is 1.91. The van der Waals surface area contributed by atoms with Gasteiger partial charge in [-0.3, -0.25) is 0 Å². The molecule has 2 fully saturated rings. The number of nitrogens with zero attached hydrogens (tertiary/aromatic N) is 1. The zero-order chi connectivity index (χ0) is 9.26. The maximum Gasteiger partial charge on any atom is 0.00124 e. The van der Waals surface area contributed by atoms with Crippen molar-refractivity contribution in [3.05, 3.63) is 0 Å². The standard InChI is InChI=1S/C12H23N/c1-10-8-13(2)9-12(10)11-6-4-3-5-7-11/h10-12H,3-9H2,1-2H3. The van der Waals surface area contributed by atoms with Gasteiger partial charge in [-0.05, 0) is 24.8 Å². The van der Waals surface area contributed by atoms with Gasteiger partial charge >= 0.3 is 0 Å². The lowest BCUT2D eigenvalue weighted by atomic mass is 9.76. The molecule has 0 amide bonds. The minimum atomic E-state index is 0.952. The molecule has 2 aliphatic rings. The Bertz CT molecular complexity index is 161. The SMILES string of the molecule is CC1CN(C)CC1C1CCCCC1. The number of likely N-dealkylation sites (tertiary alicyclic amines) is 1. The van der Waals surface area contributed by atoms with Crippen LogP contribution >= 0.6 is 0 Å². The van der Waals surface area contributed by atoms with Crippen LogP contribution < -0.4 is 0 Å². The van der Waals surface area contributed by atoms with Gasteiger partial charge in [0.2, 0.25) is 0 Å². The van der Waals surface area contributed by atoms with Crippen molar-refractivity contribution in [1.82, 2.24) is 4.90 Å². The second kappa shape index (κ2) is 4.00. The molecule has 1 aliphatic carbocycles. The maximum absolute atomic E-state index is 2.52. The lowest BCUT2D eigenvalue weighted by Gasteiger charge is -2.29. The first-order valence-corrected chi connectivity index (χ1v) is 5.96. The van der Waals surface area contributed by atoms with Crippen LogP contribution in [0.25, 0.3) is 0 Å². The molecule has 0 bridgehead atoms. The van der Waals surface area contributed by atoms with E-state index < -0.39 is 0 Å². The van der Waals surface area contributed by atoms with Gasteiger partial charge in [0.25, 0.3) is 0 Å². The molecule has 13 heavy (non-hydrogen) atoms. The third kappa shape index (κ3) is 2.07. The third-order valence-electron chi connectivity index (χ3n) is 4.11. The first kappa shape index (κ1) is 9.51. The van der Waals surface area contributed by atoms with Crippen molar-refractivity contribution in [3.63, 3.8) is 0 Å². The van der Waals surface area contributed by atoms with E-state index in [4.69, 9.17) is 0 Å². The number of hydrogen-bond donors (Lipinski definition) is 0. The minimum Gasteiger partial charge on any atom is -0.306 e. The summed E-state index contributed by atoms with van der Waals surface area (Å²) in [6.07, 6.45) is 7.52. The largest absolute Gasteiger partial charge is 0.306 e. The molecule has 1 saturated carbocycles. The van der Waals surface area contributed by atoms with E-state index in [1.807, 2.05) is 0 Å². The molecule has 2 unspecified atom stereocenters. The first-order valence-electron chi connectivity index (χ1n) is 5.96. The van der Waals surface area contributed by atoms with Crippen LogP contribution in [0.4, 0.5) is 0 Å². The Morgan fingerprint density at radius 2 is 1.69 bits per heavy atom. The van der Waals surface area contributed by atoms with Gasteiger partial charge in [-0.2, -0.15) is 0 Å². The molecule has 1 nitrogen and oxygen atoms in total. The fraction of sp³-hybridized carbons (Fsp3) is 1.00. The van der Waals surface area contributed by atoms with Crippen LogP contribution in [-0.4, -0.2) is 25.0 Å². The highest BCUT2D eigenvalue weighted by Crippen LogP contribution is 2.37. The highest BCUT2D eigenvalue weighted by Gasteiger charge is 2.33. The van der Waals surface area contributed by atoms with Crippen LogP contribution in [0.5, 0.6) is 0 Å². The van der Waals surface area contributed by atoms with E-state index >= 15 is 0 Å². The molecule has 0 N–H and O–H groups in total. The van der Waals surface area contributed by atoms with E-state index in [0.29, 0.717) is 0 Å². The molecule has 1 heterocycles. The average molecular weight is 181 g/mol. The summed E-state index contributed by atoms with van der Waals surface area (Å²) in [6, 6.07) is 0. The maximum atomic E-state index is 2.52. The molecular formula is C12H23N. The van der Waals surface area contributed by atoms with Gasteiger partial charge in [-0.1, -0.05) is 39.0 Å². The molecule has 0 spiro atoms. The molecule has 2 atom stereocenters. The molecule has 1 heteroatoms. The fourth-order valence-electron chi connectivity index (χ4n) is 3.42. The van der Waals surface area contributed by atoms with Gasteiger partial charge in [0, 0.05) is 13.1 Å². The molecular weight excluding hydrogens is 158 g/mol. The van der Waals surface area contributed by atoms with Gasteiger partial charge in [0.1, 0.15) is 0 Å². The van der Waals surface area contributed by atoms with Crippen molar-refractivity contribution >= 4 is 0 Å². The molecule has 0 aromatic rings. The second-order valence-electron chi connectivity index (χ2n) is 5.26. The Labute approximate surface area is 82.5 Å². The van der Waals surface area contributed by atoms with Crippen molar-refractivity contribution in [1.29, 1.82) is 0 Å². The molecule has 76 valence electrons. The van der Waals surface area contributed by atoms with Crippen molar-refractivity contribution < 1.29 is 0 Å². The summed E-state index contributed by atoms with van der Waals surface area (Å²) in [7, 11) is 2.28. The summed E-state index contributed by atoms with van der Waals surface area (Å²) >= 11 is 0. The zero-order valence-electron chi connectivity index (χ0n) is 9.13. The van der Waals surface area contributed by atoms with E-state index in [1.165, 1.54) is 45.2 Å². The Hall–Kier alpha value is -0.0400. The normalized spacial score (nSPS) is 38.3. The van der Waals surface area contributed by atoms with E-state index in [2.05, 4.69) is 18.9 Å². The fourth-order valence-corrected chi connectivity index (χ4v) is 3.42. The monoisotopic (exact) mass is 181 g/mol. The highest BCUT2D eigenvalue weighted by atomic mass is 15.1. The van der Waals surface area contributed by atoms with Crippen molar-refractivity contribution in [2.75, 3.05) is 20.1 Å². The average Bonchev–Trinajstić information content (AvgIpc) is 2.47. The van der Waals surface area contributed by atoms with Gasteiger partial charge in [-0.25, -0.2) is 0 Å². The van der Waals surface area contributed by atoms with Crippen LogP contribution in [0.15, 0.2) is 0 Å². The second-order valence-corrected chi connectivity index (χ2v) is 5.26. The van der Waals surface area contributed by atoms with Crippen LogP contribution in [0.3, 0.4) is 0 Å². The molecule has 0 aromatic heterocycles. The summed E-state index contributed by atoms with van der Waals surface area (Å²) in [4.78, 5) is 2.52. The summed E-state index contributed by atoms with van der Waals surface area (Å²) in [5.41, 5.74) is 0. The predicted molar refractivity (Wildman–Crippen MR) is 56.7 cm³/mol. The topological polar surface area (TPSA) is 3.24 Å². The Kier molecular flexibility index (Phi) is 2.92. The van der Waals surface area contributed by atoms with E-state index in [9.17, 15) is 0 Å². The van der Waals surface area contributed by atoms with E-state index in [1.54, 1.807) is 0 Å². The lowest BCUT2D eigenvalue weighted by molar-refractivity contribution is 0.220. The van der Waals surface area contributed by atoms with Gasteiger partial charge in [-0.15, -0.1) is 0 Å². The van der Waals surface area contributed by atoms with Crippen LogP contribution in [0.1, 0.15) is 39.0 Å². The van der Waals surface area contributed by atoms with Gasteiger partial charge in [0.15, 0.2) is 0 Å². The molecule has 1 aliphatic heterocycles. The van der Waals surface area contributed by atoms with Crippen molar-refractivity contribution in [2.45, 2.75) is 39.0 Å². The van der Waals surface area contributed by atoms with Gasteiger partial charge in [0.05, 0.1) is 0 Å². The van der Waals surface area contributed by atoms with Crippen LogP contribution in [0, 0.1) is 17.8 Å². The quantitative estimate of drug-likeness (QED) is 0.601. The zero-order valence-corrected chi connectivity index (χ0v) is 9.13.